The van der Waals surface area contributed by atoms with Crippen molar-refractivity contribution in [3.05, 3.63) is 29.8 Å². The largest absolute Gasteiger partial charge is 0.494 e. The van der Waals surface area contributed by atoms with E-state index in [1.165, 1.54) is 77.0 Å². The minimum absolute atomic E-state index is 0.758. The first-order chi connectivity index (χ1) is 15.7. The Kier molecular flexibility index (Phi) is 9.42. The van der Waals surface area contributed by atoms with Crippen LogP contribution >= 0.6 is 0 Å². The fraction of sp³-hybridized carbons (Fsp3) is 0.806. The summed E-state index contributed by atoms with van der Waals surface area (Å²) in [5.74, 6) is 7.01. The van der Waals surface area contributed by atoms with Crippen LogP contribution in [-0.2, 0) is 0 Å². The third-order valence-corrected chi connectivity index (χ3v) is 9.55. The molecule has 3 aliphatic rings. The van der Waals surface area contributed by atoms with Gasteiger partial charge in [-0.15, -0.1) is 0 Å². The lowest BCUT2D eigenvalue weighted by Gasteiger charge is -2.43. The number of ether oxygens (including phenoxy) is 1. The highest BCUT2D eigenvalue weighted by Crippen LogP contribution is 2.49. The zero-order valence-electron chi connectivity index (χ0n) is 21.2. The van der Waals surface area contributed by atoms with Crippen molar-refractivity contribution in [1.29, 1.82) is 0 Å². The van der Waals surface area contributed by atoms with Crippen LogP contribution in [0.4, 0.5) is 0 Å². The molecule has 4 unspecified atom stereocenters. The van der Waals surface area contributed by atoms with E-state index in [0.717, 1.165) is 47.9 Å². The summed E-state index contributed by atoms with van der Waals surface area (Å²) in [7, 11) is 0. The number of hydrogen-bond donors (Lipinski definition) is 0. The maximum atomic E-state index is 5.64. The van der Waals surface area contributed by atoms with E-state index < -0.39 is 0 Å². The van der Waals surface area contributed by atoms with E-state index in [9.17, 15) is 0 Å². The second-order valence-electron chi connectivity index (χ2n) is 11.7. The average molecular weight is 439 g/mol. The molecule has 4 atom stereocenters. The van der Waals surface area contributed by atoms with Crippen molar-refractivity contribution in [2.75, 3.05) is 6.61 Å². The molecule has 0 aromatic heterocycles. The highest BCUT2D eigenvalue weighted by atomic mass is 16.5. The molecule has 0 heterocycles. The summed E-state index contributed by atoms with van der Waals surface area (Å²) >= 11 is 0. The predicted molar refractivity (Wildman–Crippen MR) is 137 cm³/mol. The van der Waals surface area contributed by atoms with E-state index in [4.69, 9.17) is 4.74 Å². The minimum Gasteiger partial charge on any atom is -0.494 e. The Labute approximate surface area is 199 Å². The van der Waals surface area contributed by atoms with Gasteiger partial charge in [0.1, 0.15) is 5.75 Å². The molecule has 180 valence electrons. The summed E-state index contributed by atoms with van der Waals surface area (Å²) in [4.78, 5) is 0. The minimum atomic E-state index is 0.758. The molecule has 0 aliphatic heterocycles. The maximum absolute atomic E-state index is 5.64. The second kappa shape index (κ2) is 12.5. The smallest absolute Gasteiger partial charge is 0.119 e. The molecule has 1 nitrogen and oxygen atoms in total. The quantitative estimate of drug-likeness (QED) is 0.330. The lowest BCUT2D eigenvalue weighted by molar-refractivity contribution is 0.108. The Morgan fingerprint density at radius 2 is 1.28 bits per heavy atom. The summed E-state index contributed by atoms with van der Waals surface area (Å²) in [5, 5.41) is 0. The first-order valence-electron chi connectivity index (χ1n) is 14.5. The molecular formula is C31H50O. The molecule has 4 rings (SSSR count). The average Bonchev–Trinajstić information content (AvgIpc) is 2.84. The van der Waals surface area contributed by atoms with Crippen molar-refractivity contribution >= 4 is 0 Å². The topological polar surface area (TPSA) is 9.23 Å². The maximum Gasteiger partial charge on any atom is 0.119 e. The van der Waals surface area contributed by atoms with Crippen LogP contribution in [0.25, 0.3) is 0 Å². The summed E-state index contributed by atoms with van der Waals surface area (Å²) in [6.45, 7) is 5.15. The Bertz CT molecular complexity index is 641. The number of fused-ring (bicyclic) bond motifs is 1. The fourth-order valence-corrected chi connectivity index (χ4v) is 7.52. The van der Waals surface area contributed by atoms with Gasteiger partial charge < -0.3 is 4.74 Å². The molecule has 0 saturated heterocycles. The second-order valence-corrected chi connectivity index (χ2v) is 11.7. The standard InChI is InChI=1S/C31H50O/c1-3-5-6-7-24-8-10-25(11-9-24)12-13-26-14-15-30-23-29(17-16-28(30)22-26)27-18-20-31(21-19-27)32-4-2/h18-21,24-26,28-30H,3-17,22-23H2,1-2H3. The molecule has 3 saturated carbocycles. The fourth-order valence-electron chi connectivity index (χ4n) is 7.52. The van der Waals surface area contributed by atoms with Crippen LogP contribution in [0.2, 0.25) is 0 Å². The monoisotopic (exact) mass is 438 g/mol. The Balaban J connectivity index is 1.15. The van der Waals surface area contributed by atoms with Crippen LogP contribution in [0.5, 0.6) is 5.75 Å². The molecule has 1 heteroatoms. The Morgan fingerprint density at radius 3 is 2.00 bits per heavy atom. The van der Waals surface area contributed by atoms with Gasteiger partial charge in [0.05, 0.1) is 6.61 Å². The number of rotatable bonds is 10. The van der Waals surface area contributed by atoms with Gasteiger partial charge in [-0.25, -0.2) is 0 Å². The lowest BCUT2D eigenvalue weighted by atomic mass is 9.63. The zero-order valence-corrected chi connectivity index (χ0v) is 21.2. The third kappa shape index (κ3) is 6.77. The van der Waals surface area contributed by atoms with Crippen LogP contribution in [0.3, 0.4) is 0 Å². The van der Waals surface area contributed by atoms with E-state index in [0.29, 0.717) is 0 Å². The summed E-state index contributed by atoms with van der Waals surface area (Å²) in [6, 6.07) is 9.03. The highest BCUT2D eigenvalue weighted by Gasteiger charge is 2.36. The van der Waals surface area contributed by atoms with E-state index in [-0.39, 0.29) is 0 Å². The van der Waals surface area contributed by atoms with E-state index in [1.807, 2.05) is 0 Å². The van der Waals surface area contributed by atoms with Gasteiger partial charge in [0, 0.05) is 0 Å². The van der Waals surface area contributed by atoms with Crippen LogP contribution in [0.1, 0.15) is 128 Å². The van der Waals surface area contributed by atoms with Crippen molar-refractivity contribution in [3.8, 4) is 5.75 Å². The number of unbranched alkanes of at least 4 members (excludes halogenated alkanes) is 2. The normalized spacial score (nSPS) is 32.9. The van der Waals surface area contributed by atoms with Crippen LogP contribution < -0.4 is 4.74 Å². The molecule has 1 aromatic rings. The molecule has 0 N–H and O–H groups in total. The van der Waals surface area contributed by atoms with E-state index >= 15 is 0 Å². The molecule has 1 aromatic carbocycles. The van der Waals surface area contributed by atoms with Crippen LogP contribution in [0, 0.1) is 29.6 Å². The van der Waals surface area contributed by atoms with Gasteiger partial charge in [0.2, 0.25) is 0 Å². The number of hydrogen-bond acceptors (Lipinski definition) is 1. The van der Waals surface area contributed by atoms with Crippen molar-refractivity contribution in [3.63, 3.8) is 0 Å². The molecule has 0 spiro atoms. The number of benzene rings is 1. The van der Waals surface area contributed by atoms with Gasteiger partial charge in [-0.3, -0.25) is 0 Å². The lowest BCUT2D eigenvalue weighted by Crippen LogP contribution is -2.30. The molecule has 3 aliphatic carbocycles. The first kappa shape index (κ1) is 24.2. The van der Waals surface area contributed by atoms with Crippen molar-refractivity contribution in [2.45, 2.75) is 122 Å². The first-order valence-corrected chi connectivity index (χ1v) is 14.5. The summed E-state index contributed by atoms with van der Waals surface area (Å²) < 4.78 is 5.64. The molecule has 3 fully saturated rings. The van der Waals surface area contributed by atoms with Gasteiger partial charge in [-0.2, -0.15) is 0 Å². The highest BCUT2D eigenvalue weighted by molar-refractivity contribution is 5.29. The van der Waals surface area contributed by atoms with Gasteiger partial charge in [-0.05, 0) is 92.2 Å². The van der Waals surface area contributed by atoms with Crippen LogP contribution in [0.15, 0.2) is 24.3 Å². The van der Waals surface area contributed by atoms with Gasteiger partial charge in [0.25, 0.3) is 0 Å². The summed E-state index contributed by atoms with van der Waals surface area (Å²) in [6.07, 6.45) is 24.0. The molecule has 32 heavy (non-hydrogen) atoms. The van der Waals surface area contributed by atoms with Gasteiger partial charge in [0.15, 0.2) is 0 Å². The Hall–Kier alpha value is -0.980. The Morgan fingerprint density at radius 1 is 0.656 bits per heavy atom. The molecular weight excluding hydrogens is 388 g/mol. The van der Waals surface area contributed by atoms with Crippen molar-refractivity contribution in [2.24, 2.45) is 29.6 Å². The van der Waals surface area contributed by atoms with Gasteiger partial charge >= 0.3 is 0 Å². The van der Waals surface area contributed by atoms with E-state index in [2.05, 4.69) is 38.1 Å². The summed E-state index contributed by atoms with van der Waals surface area (Å²) in [5.41, 5.74) is 1.55. The molecule has 0 radical (unpaired) electrons. The predicted octanol–water partition coefficient (Wildman–Crippen LogP) is 9.55. The zero-order chi connectivity index (χ0) is 22.2. The van der Waals surface area contributed by atoms with Gasteiger partial charge in [-0.1, -0.05) is 89.7 Å². The molecule has 0 amide bonds. The third-order valence-electron chi connectivity index (χ3n) is 9.55. The molecule has 0 bridgehead atoms. The van der Waals surface area contributed by atoms with Crippen molar-refractivity contribution in [1.82, 2.24) is 0 Å². The van der Waals surface area contributed by atoms with E-state index in [1.54, 1.807) is 31.2 Å². The van der Waals surface area contributed by atoms with Crippen LogP contribution in [-0.4, -0.2) is 6.61 Å². The SMILES string of the molecule is CCCCCC1CCC(CCC2CCC3CC(c4ccc(OCC)cc4)CCC3C2)CC1. The van der Waals surface area contributed by atoms with Crippen molar-refractivity contribution < 1.29 is 4.74 Å².